The van der Waals surface area contributed by atoms with Gasteiger partial charge in [-0.15, -0.1) is 0 Å². The van der Waals surface area contributed by atoms with E-state index in [1.807, 2.05) is 97.1 Å². The van der Waals surface area contributed by atoms with E-state index in [1.54, 1.807) is 18.5 Å². The van der Waals surface area contributed by atoms with Gasteiger partial charge in [0.2, 0.25) is 5.43 Å². The first-order valence-corrected chi connectivity index (χ1v) is 14.6. The van der Waals surface area contributed by atoms with Crippen molar-refractivity contribution in [3.8, 4) is 56.4 Å². The van der Waals surface area contributed by atoms with Crippen LogP contribution in [0.2, 0.25) is 0 Å². The molecule has 3 heterocycles. The molecule has 0 amide bonds. The molecule has 0 unspecified atom stereocenters. The van der Waals surface area contributed by atoms with Gasteiger partial charge in [-0.25, -0.2) is 15.0 Å². The van der Waals surface area contributed by atoms with E-state index in [0.29, 0.717) is 39.4 Å². The van der Waals surface area contributed by atoms with Gasteiger partial charge in [-0.2, -0.15) is 0 Å². The van der Waals surface area contributed by atoms with Crippen molar-refractivity contribution in [3.63, 3.8) is 0 Å². The predicted molar refractivity (Wildman–Crippen MR) is 178 cm³/mol. The molecule has 0 aliphatic heterocycles. The van der Waals surface area contributed by atoms with Gasteiger partial charge in [-0.05, 0) is 64.7 Å². The third-order valence-corrected chi connectivity index (χ3v) is 7.86. The lowest BCUT2D eigenvalue weighted by Gasteiger charge is -2.10. The Bertz CT molecular complexity index is 2330. The van der Waals surface area contributed by atoms with E-state index in [2.05, 4.69) is 35.3 Å². The minimum Gasteiger partial charge on any atom is -0.456 e. The minimum atomic E-state index is -0.0193. The van der Waals surface area contributed by atoms with E-state index in [0.717, 1.165) is 38.9 Å². The highest BCUT2D eigenvalue weighted by Crippen LogP contribution is 2.31. The fraction of sp³-hybridized carbons (Fsp3) is 0. The lowest BCUT2D eigenvalue weighted by molar-refractivity contribution is 0.660. The van der Waals surface area contributed by atoms with Crippen LogP contribution in [0.3, 0.4) is 0 Å². The Labute approximate surface area is 258 Å². The summed E-state index contributed by atoms with van der Waals surface area (Å²) in [6.07, 6.45) is 3.47. The summed E-state index contributed by atoms with van der Waals surface area (Å²) in [5.74, 6) is 1.81. The van der Waals surface area contributed by atoms with Crippen LogP contribution >= 0.6 is 0 Å². The maximum absolute atomic E-state index is 13.0. The molecule has 6 heteroatoms. The Morgan fingerprint density at radius 2 is 0.911 bits per heavy atom. The number of nitrogens with zero attached hydrogens (tertiary/aromatic N) is 4. The first kappa shape index (κ1) is 26.4. The van der Waals surface area contributed by atoms with Gasteiger partial charge in [-0.1, -0.05) is 91.0 Å². The Morgan fingerprint density at radius 3 is 1.64 bits per heavy atom. The molecule has 45 heavy (non-hydrogen) atoms. The largest absolute Gasteiger partial charge is 0.456 e. The molecule has 0 radical (unpaired) electrons. The molecule has 5 aromatic carbocycles. The Kier molecular flexibility index (Phi) is 6.50. The van der Waals surface area contributed by atoms with Crippen LogP contribution in [0.15, 0.2) is 155 Å². The third-order valence-electron chi connectivity index (χ3n) is 7.86. The summed E-state index contributed by atoms with van der Waals surface area (Å²) in [4.78, 5) is 31.6. The van der Waals surface area contributed by atoms with Gasteiger partial charge in [0.1, 0.15) is 11.2 Å². The second-order valence-electron chi connectivity index (χ2n) is 10.7. The zero-order valence-corrected chi connectivity index (χ0v) is 24.0. The fourth-order valence-electron chi connectivity index (χ4n) is 5.52. The number of hydrogen-bond acceptors (Lipinski definition) is 6. The third kappa shape index (κ3) is 5.04. The number of benzene rings is 5. The summed E-state index contributed by atoms with van der Waals surface area (Å²) >= 11 is 0. The number of hydrogen-bond donors (Lipinski definition) is 0. The molecule has 3 aromatic heterocycles. The monoisotopic (exact) mass is 580 g/mol. The van der Waals surface area contributed by atoms with Crippen molar-refractivity contribution in [3.05, 3.63) is 156 Å². The molecule has 212 valence electrons. The van der Waals surface area contributed by atoms with Crippen molar-refractivity contribution in [2.75, 3.05) is 0 Å². The summed E-state index contributed by atoms with van der Waals surface area (Å²) in [7, 11) is 0. The van der Waals surface area contributed by atoms with Gasteiger partial charge in [0.05, 0.1) is 10.8 Å². The van der Waals surface area contributed by atoms with E-state index < -0.39 is 0 Å². The maximum atomic E-state index is 13.0. The number of rotatable bonds is 5. The average Bonchev–Trinajstić information content (AvgIpc) is 3.12. The highest BCUT2D eigenvalue weighted by molar-refractivity contribution is 5.92. The zero-order chi connectivity index (χ0) is 30.2. The topological polar surface area (TPSA) is 81.8 Å². The van der Waals surface area contributed by atoms with Crippen molar-refractivity contribution in [2.24, 2.45) is 0 Å². The molecule has 6 nitrogen and oxygen atoms in total. The molecule has 0 N–H and O–H groups in total. The van der Waals surface area contributed by atoms with Crippen molar-refractivity contribution in [2.45, 2.75) is 0 Å². The van der Waals surface area contributed by atoms with Gasteiger partial charge in [0, 0.05) is 29.1 Å². The van der Waals surface area contributed by atoms with Crippen molar-refractivity contribution in [1.82, 2.24) is 19.9 Å². The van der Waals surface area contributed by atoms with Gasteiger partial charge in [0.25, 0.3) is 0 Å². The summed E-state index contributed by atoms with van der Waals surface area (Å²) in [5.41, 5.74) is 7.96. The Hall–Kier alpha value is -6.27. The van der Waals surface area contributed by atoms with Crippen LogP contribution in [0.25, 0.3) is 78.4 Å². The number of para-hydroxylation sites is 1. The Morgan fingerprint density at radius 1 is 0.400 bits per heavy atom. The highest BCUT2D eigenvalue weighted by Gasteiger charge is 2.13. The van der Waals surface area contributed by atoms with E-state index >= 15 is 0 Å². The minimum absolute atomic E-state index is 0.0193. The molecule has 0 saturated heterocycles. The first-order chi connectivity index (χ1) is 22.2. The van der Waals surface area contributed by atoms with E-state index in [9.17, 15) is 4.79 Å². The molecule has 0 bridgehead atoms. The van der Waals surface area contributed by atoms with Crippen molar-refractivity contribution >= 4 is 21.9 Å². The maximum Gasteiger partial charge on any atom is 0.200 e. The smallest absolute Gasteiger partial charge is 0.200 e. The molecule has 0 spiro atoms. The zero-order valence-electron chi connectivity index (χ0n) is 24.0. The summed E-state index contributed by atoms with van der Waals surface area (Å²) in [6.45, 7) is 0. The first-order valence-electron chi connectivity index (χ1n) is 14.6. The normalized spacial score (nSPS) is 11.2. The van der Waals surface area contributed by atoms with Crippen molar-refractivity contribution < 1.29 is 4.42 Å². The number of fused-ring (bicyclic) bond motifs is 2. The van der Waals surface area contributed by atoms with E-state index in [4.69, 9.17) is 19.4 Å². The molecule has 0 saturated carbocycles. The molecular formula is C39H24N4O2. The van der Waals surface area contributed by atoms with Crippen LogP contribution in [0.1, 0.15) is 0 Å². The van der Waals surface area contributed by atoms with Crippen LogP contribution in [0.4, 0.5) is 0 Å². The second kappa shape index (κ2) is 11.1. The van der Waals surface area contributed by atoms with Crippen molar-refractivity contribution in [1.29, 1.82) is 0 Å². The van der Waals surface area contributed by atoms with Crippen LogP contribution in [-0.2, 0) is 0 Å². The van der Waals surface area contributed by atoms with Crippen LogP contribution < -0.4 is 5.43 Å². The molecule has 8 aromatic rings. The molecule has 0 atom stereocenters. The van der Waals surface area contributed by atoms with E-state index in [-0.39, 0.29) is 5.43 Å². The standard InChI is InChI=1S/C39H24N4O2/c44-36-32-11-4-5-12-34(32)45-35-24-31(17-18-33(35)36)30-10-6-9-29(23-30)25-13-15-27(16-14-25)38-41-37(26-7-2-1-3-8-26)42-39(43-38)28-19-21-40-22-20-28/h1-24H. The molecule has 0 fully saturated rings. The van der Waals surface area contributed by atoms with Gasteiger partial charge < -0.3 is 4.42 Å². The molecule has 0 aliphatic carbocycles. The Balaban J connectivity index is 1.14. The van der Waals surface area contributed by atoms with Gasteiger partial charge >= 0.3 is 0 Å². The highest BCUT2D eigenvalue weighted by atomic mass is 16.3. The quantitative estimate of drug-likeness (QED) is 0.189. The lowest BCUT2D eigenvalue weighted by Crippen LogP contribution is -2.01. The summed E-state index contributed by atoms with van der Waals surface area (Å²) in [6, 6.07) is 43.4. The second-order valence-corrected chi connectivity index (χ2v) is 10.7. The molecular weight excluding hydrogens is 556 g/mol. The lowest BCUT2D eigenvalue weighted by atomic mass is 9.97. The number of pyridine rings is 1. The van der Waals surface area contributed by atoms with Gasteiger partial charge in [0.15, 0.2) is 17.5 Å². The molecule has 0 aliphatic rings. The molecule has 8 rings (SSSR count). The summed E-state index contributed by atoms with van der Waals surface area (Å²) < 4.78 is 6.11. The number of aromatic nitrogens is 4. The fourth-order valence-corrected chi connectivity index (χ4v) is 5.52. The SMILES string of the molecule is O=c1c2ccccc2oc2cc(-c3cccc(-c4ccc(-c5nc(-c6ccccc6)nc(-c6ccncc6)n5)cc4)c3)ccc12. The predicted octanol–water partition coefficient (Wildman–Crippen LogP) is 8.86. The van der Waals surface area contributed by atoms with Crippen LogP contribution in [-0.4, -0.2) is 19.9 Å². The van der Waals surface area contributed by atoms with Crippen LogP contribution in [0.5, 0.6) is 0 Å². The van der Waals surface area contributed by atoms with Gasteiger partial charge in [-0.3, -0.25) is 9.78 Å². The van der Waals surface area contributed by atoms with E-state index in [1.165, 1.54) is 0 Å². The van der Waals surface area contributed by atoms with Crippen LogP contribution in [0, 0.1) is 0 Å². The summed E-state index contributed by atoms with van der Waals surface area (Å²) in [5, 5.41) is 1.16. The average molecular weight is 581 g/mol.